The molecule has 0 saturated carbocycles. The lowest BCUT2D eigenvalue weighted by molar-refractivity contribution is -0.135. The number of carbonyl (C=O) groups excluding carboxylic acids is 1. The van der Waals surface area contributed by atoms with E-state index in [0.29, 0.717) is 51.0 Å². The molecule has 1 rings (SSSR count). The minimum atomic E-state index is 0.142. The second kappa shape index (κ2) is 9.06. The van der Waals surface area contributed by atoms with E-state index < -0.39 is 0 Å². The van der Waals surface area contributed by atoms with Crippen molar-refractivity contribution < 1.29 is 14.3 Å². The van der Waals surface area contributed by atoms with Crippen LogP contribution in [0.3, 0.4) is 0 Å². The zero-order valence-electron chi connectivity index (χ0n) is 11.6. The number of carbonyl (C=O) groups is 1. The van der Waals surface area contributed by atoms with Crippen molar-refractivity contribution in [2.75, 3.05) is 46.6 Å². The molecule has 0 aliphatic carbocycles. The van der Waals surface area contributed by atoms with Crippen LogP contribution in [0.2, 0.25) is 0 Å². The lowest BCUT2D eigenvalue weighted by Crippen LogP contribution is -2.45. The van der Waals surface area contributed by atoms with E-state index in [1.54, 1.807) is 7.11 Å². The molecule has 1 saturated heterocycles. The third-order valence-corrected chi connectivity index (χ3v) is 3.04. The number of morpholine rings is 1. The Morgan fingerprint density at radius 3 is 2.79 bits per heavy atom. The first kappa shape index (κ1) is 16.1. The second-order valence-electron chi connectivity index (χ2n) is 4.50. The van der Waals surface area contributed by atoms with Gasteiger partial charge in [-0.3, -0.25) is 4.79 Å². The minimum Gasteiger partial charge on any atom is -0.383 e. The predicted octanol–water partition coefficient (Wildman–Crippen LogP) is -0.266. The van der Waals surface area contributed by atoms with Gasteiger partial charge in [-0.15, -0.1) is 0 Å². The van der Waals surface area contributed by atoms with Crippen LogP contribution in [-0.4, -0.2) is 68.5 Å². The standard InChI is InChI=1S/C12H23N3O3S/c1-10(9-17-2)14-12(19)13-4-3-11(16)15-5-7-18-8-6-15/h10H,3-9H2,1-2H3,(H2,13,14,19). The fourth-order valence-corrected chi connectivity index (χ4v) is 2.12. The average Bonchev–Trinajstić information content (AvgIpc) is 2.39. The summed E-state index contributed by atoms with van der Waals surface area (Å²) in [5.74, 6) is 0.142. The van der Waals surface area contributed by atoms with Gasteiger partial charge in [-0.25, -0.2) is 0 Å². The number of hydrogen-bond acceptors (Lipinski definition) is 4. The first-order valence-corrected chi connectivity index (χ1v) is 6.93. The highest BCUT2D eigenvalue weighted by Gasteiger charge is 2.16. The van der Waals surface area contributed by atoms with Gasteiger partial charge in [0.1, 0.15) is 0 Å². The molecule has 7 heteroatoms. The van der Waals surface area contributed by atoms with Crippen LogP contribution in [0, 0.1) is 0 Å². The van der Waals surface area contributed by atoms with Crippen molar-refractivity contribution in [1.82, 2.24) is 15.5 Å². The van der Waals surface area contributed by atoms with Crippen molar-refractivity contribution in [2.45, 2.75) is 19.4 Å². The zero-order chi connectivity index (χ0) is 14.1. The summed E-state index contributed by atoms with van der Waals surface area (Å²) >= 11 is 5.13. The highest BCUT2D eigenvalue weighted by Crippen LogP contribution is 1.99. The zero-order valence-corrected chi connectivity index (χ0v) is 12.4. The molecule has 0 aromatic rings. The largest absolute Gasteiger partial charge is 0.383 e. The van der Waals surface area contributed by atoms with Crippen molar-refractivity contribution >= 4 is 23.2 Å². The number of thiocarbonyl (C=S) groups is 1. The number of nitrogens with zero attached hydrogens (tertiary/aromatic N) is 1. The SMILES string of the molecule is COCC(C)NC(=S)NCCC(=O)N1CCOCC1. The molecular formula is C12H23N3O3S. The topological polar surface area (TPSA) is 62.8 Å². The van der Waals surface area contributed by atoms with Gasteiger partial charge in [0.25, 0.3) is 0 Å². The minimum absolute atomic E-state index is 0.142. The number of methoxy groups -OCH3 is 1. The van der Waals surface area contributed by atoms with Crippen LogP contribution < -0.4 is 10.6 Å². The Hall–Kier alpha value is -0.920. The summed E-state index contributed by atoms with van der Waals surface area (Å²) in [5.41, 5.74) is 0. The summed E-state index contributed by atoms with van der Waals surface area (Å²) in [5, 5.41) is 6.67. The highest BCUT2D eigenvalue weighted by atomic mass is 32.1. The summed E-state index contributed by atoms with van der Waals surface area (Å²) in [4.78, 5) is 13.7. The van der Waals surface area contributed by atoms with Gasteiger partial charge in [0.05, 0.1) is 19.8 Å². The van der Waals surface area contributed by atoms with Crippen molar-refractivity contribution in [1.29, 1.82) is 0 Å². The van der Waals surface area contributed by atoms with E-state index in [2.05, 4.69) is 10.6 Å². The fraction of sp³-hybridized carbons (Fsp3) is 0.833. The molecular weight excluding hydrogens is 266 g/mol. The Labute approximate surface area is 119 Å². The van der Waals surface area contributed by atoms with Crippen LogP contribution in [0.5, 0.6) is 0 Å². The molecule has 1 heterocycles. The highest BCUT2D eigenvalue weighted by molar-refractivity contribution is 7.80. The van der Waals surface area contributed by atoms with E-state index in [4.69, 9.17) is 21.7 Å². The molecule has 1 aliphatic heterocycles. The van der Waals surface area contributed by atoms with E-state index in [9.17, 15) is 4.79 Å². The summed E-state index contributed by atoms with van der Waals surface area (Å²) < 4.78 is 10.2. The predicted molar refractivity (Wildman–Crippen MR) is 77.1 cm³/mol. The number of ether oxygens (including phenoxy) is 2. The van der Waals surface area contributed by atoms with Gasteiger partial charge in [0.2, 0.25) is 5.91 Å². The Kier molecular flexibility index (Phi) is 7.69. The normalized spacial score (nSPS) is 16.8. The van der Waals surface area contributed by atoms with E-state index in [1.165, 1.54) is 0 Å². The maximum absolute atomic E-state index is 11.9. The molecule has 6 nitrogen and oxygen atoms in total. The van der Waals surface area contributed by atoms with Gasteiger partial charge in [0.15, 0.2) is 5.11 Å². The molecule has 0 radical (unpaired) electrons. The van der Waals surface area contributed by atoms with E-state index in [0.717, 1.165) is 0 Å². The van der Waals surface area contributed by atoms with Gasteiger partial charge in [-0.1, -0.05) is 0 Å². The van der Waals surface area contributed by atoms with Crippen molar-refractivity contribution in [3.05, 3.63) is 0 Å². The fourth-order valence-electron chi connectivity index (χ4n) is 1.82. The number of nitrogens with one attached hydrogen (secondary N) is 2. The first-order valence-electron chi connectivity index (χ1n) is 6.52. The van der Waals surface area contributed by atoms with Gasteiger partial charge < -0.3 is 25.0 Å². The van der Waals surface area contributed by atoms with Crippen molar-refractivity contribution in [3.8, 4) is 0 Å². The molecule has 0 bridgehead atoms. The smallest absolute Gasteiger partial charge is 0.224 e. The molecule has 0 aromatic carbocycles. The van der Waals surface area contributed by atoms with E-state index in [-0.39, 0.29) is 11.9 Å². The lowest BCUT2D eigenvalue weighted by atomic mass is 10.3. The van der Waals surface area contributed by atoms with Crippen LogP contribution in [0.15, 0.2) is 0 Å². The van der Waals surface area contributed by atoms with Crippen LogP contribution >= 0.6 is 12.2 Å². The maximum atomic E-state index is 11.9. The summed E-state index contributed by atoms with van der Waals surface area (Å²) in [6.07, 6.45) is 0.445. The summed E-state index contributed by atoms with van der Waals surface area (Å²) in [6.45, 7) is 5.76. The molecule has 110 valence electrons. The Balaban J connectivity index is 2.11. The average molecular weight is 289 g/mol. The molecule has 1 atom stereocenters. The van der Waals surface area contributed by atoms with Crippen molar-refractivity contribution in [3.63, 3.8) is 0 Å². The van der Waals surface area contributed by atoms with Crippen LogP contribution in [0.4, 0.5) is 0 Å². The quantitative estimate of drug-likeness (QED) is 0.657. The third kappa shape index (κ3) is 6.70. The first-order chi connectivity index (χ1) is 9.13. The van der Waals surface area contributed by atoms with Crippen LogP contribution in [0.25, 0.3) is 0 Å². The molecule has 2 N–H and O–H groups in total. The lowest BCUT2D eigenvalue weighted by Gasteiger charge is -2.27. The number of rotatable bonds is 6. The monoisotopic (exact) mass is 289 g/mol. The van der Waals surface area contributed by atoms with Gasteiger partial charge >= 0.3 is 0 Å². The molecule has 0 aromatic heterocycles. The van der Waals surface area contributed by atoms with Gasteiger partial charge in [-0.2, -0.15) is 0 Å². The van der Waals surface area contributed by atoms with E-state index >= 15 is 0 Å². The number of amides is 1. The summed E-state index contributed by atoms with van der Waals surface area (Å²) in [6, 6.07) is 0.153. The molecule has 19 heavy (non-hydrogen) atoms. The molecule has 1 aliphatic rings. The van der Waals surface area contributed by atoms with Crippen LogP contribution in [0.1, 0.15) is 13.3 Å². The Morgan fingerprint density at radius 1 is 1.47 bits per heavy atom. The van der Waals surface area contributed by atoms with Crippen molar-refractivity contribution in [2.24, 2.45) is 0 Å². The molecule has 1 fully saturated rings. The summed E-state index contributed by atoms with van der Waals surface area (Å²) in [7, 11) is 1.65. The van der Waals surface area contributed by atoms with Crippen LogP contribution in [-0.2, 0) is 14.3 Å². The Morgan fingerprint density at radius 2 is 2.16 bits per heavy atom. The molecule has 0 spiro atoms. The second-order valence-corrected chi connectivity index (χ2v) is 4.91. The molecule has 1 unspecified atom stereocenters. The maximum Gasteiger partial charge on any atom is 0.224 e. The van der Waals surface area contributed by atoms with E-state index in [1.807, 2.05) is 11.8 Å². The van der Waals surface area contributed by atoms with Gasteiger partial charge in [-0.05, 0) is 19.1 Å². The Bertz CT molecular complexity index is 296. The number of hydrogen-bond donors (Lipinski definition) is 2. The third-order valence-electron chi connectivity index (χ3n) is 2.78. The molecule has 1 amide bonds. The van der Waals surface area contributed by atoms with Gasteiger partial charge in [0, 0.05) is 39.2 Å².